The highest BCUT2D eigenvalue weighted by atomic mass is 32.2. The van der Waals surface area contributed by atoms with Crippen molar-refractivity contribution in [2.24, 2.45) is 0 Å². The van der Waals surface area contributed by atoms with Crippen LogP contribution in [0.3, 0.4) is 0 Å². The van der Waals surface area contributed by atoms with Gasteiger partial charge in [-0.2, -0.15) is 0 Å². The Balaban J connectivity index is 2.50. The van der Waals surface area contributed by atoms with Gasteiger partial charge in [-0.25, -0.2) is 8.42 Å². The molecule has 1 aliphatic rings. The summed E-state index contributed by atoms with van der Waals surface area (Å²) in [5.74, 6) is 0.210. The van der Waals surface area contributed by atoms with Gasteiger partial charge in [0, 0.05) is 0 Å². The average Bonchev–Trinajstić information content (AvgIpc) is 2.69. The largest absolute Gasteiger partial charge is 0.372 e. The van der Waals surface area contributed by atoms with Gasteiger partial charge in [-0.3, -0.25) is 0 Å². The molecule has 0 bridgehead atoms. The van der Waals surface area contributed by atoms with Crippen molar-refractivity contribution < 1.29 is 13.2 Å². The molecule has 0 amide bonds. The minimum absolute atomic E-state index is 0.00556. The topological polar surface area (TPSA) is 46.7 Å². The number of epoxide rings is 1. The Labute approximate surface area is 67.7 Å². The Morgan fingerprint density at radius 2 is 2.18 bits per heavy atom. The van der Waals surface area contributed by atoms with Gasteiger partial charge in [-0.15, -0.1) is 0 Å². The molecule has 2 atom stereocenters. The number of sulfone groups is 1. The second-order valence-electron chi connectivity index (χ2n) is 3.00. The fourth-order valence-electron chi connectivity index (χ4n) is 0.842. The molecule has 1 saturated heterocycles. The van der Waals surface area contributed by atoms with Crippen LogP contribution < -0.4 is 0 Å². The Morgan fingerprint density at radius 1 is 1.64 bits per heavy atom. The molecule has 1 heterocycles. The molecule has 1 rings (SSSR count). The third kappa shape index (κ3) is 2.45. The molecule has 1 aliphatic heterocycles. The molecule has 0 radical (unpaired) electrons. The maximum absolute atomic E-state index is 11.3. The van der Waals surface area contributed by atoms with Gasteiger partial charge < -0.3 is 4.74 Å². The lowest BCUT2D eigenvalue weighted by molar-refractivity contribution is 0.422. The van der Waals surface area contributed by atoms with Gasteiger partial charge in [0.25, 0.3) is 0 Å². The van der Waals surface area contributed by atoms with E-state index in [1.54, 1.807) is 6.92 Å². The molecule has 0 aromatic carbocycles. The molecule has 0 aromatic rings. The molecule has 0 N–H and O–H groups in total. The third-order valence-electron chi connectivity index (χ3n) is 2.01. The van der Waals surface area contributed by atoms with E-state index >= 15 is 0 Å². The van der Waals surface area contributed by atoms with Gasteiger partial charge >= 0.3 is 0 Å². The predicted molar refractivity (Wildman–Crippen MR) is 43.3 cm³/mol. The van der Waals surface area contributed by atoms with E-state index < -0.39 is 9.84 Å². The van der Waals surface area contributed by atoms with Crippen molar-refractivity contribution in [2.75, 3.05) is 12.4 Å². The molecule has 0 spiro atoms. The maximum Gasteiger partial charge on any atom is 0.155 e. The summed E-state index contributed by atoms with van der Waals surface area (Å²) >= 11 is 0. The van der Waals surface area contributed by atoms with Crippen LogP contribution in [0.4, 0.5) is 0 Å². The van der Waals surface area contributed by atoms with E-state index in [1.165, 1.54) is 0 Å². The summed E-state index contributed by atoms with van der Waals surface area (Å²) in [5.41, 5.74) is 0. The van der Waals surface area contributed by atoms with Crippen LogP contribution in [0.1, 0.15) is 20.3 Å². The Hall–Kier alpha value is -0.0900. The predicted octanol–water partition coefficient (Wildman–Crippen LogP) is 0.599. The number of hydrogen-bond acceptors (Lipinski definition) is 3. The fourth-order valence-corrected chi connectivity index (χ4v) is 2.39. The van der Waals surface area contributed by atoms with Crippen LogP contribution >= 0.6 is 0 Å². The Bertz CT molecular complexity index is 216. The van der Waals surface area contributed by atoms with E-state index in [1.807, 2.05) is 6.92 Å². The highest BCUT2D eigenvalue weighted by molar-refractivity contribution is 7.92. The molecule has 1 fully saturated rings. The van der Waals surface area contributed by atoms with Gasteiger partial charge in [0.2, 0.25) is 0 Å². The molecule has 0 aromatic heterocycles. The van der Waals surface area contributed by atoms with Crippen molar-refractivity contribution in [1.82, 2.24) is 0 Å². The van der Waals surface area contributed by atoms with Crippen molar-refractivity contribution in [3.05, 3.63) is 0 Å². The van der Waals surface area contributed by atoms with E-state index in [0.717, 1.165) is 0 Å². The van der Waals surface area contributed by atoms with Crippen molar-refractivity contribution in [3.8, 4) is 0 Å². The van der Waals surface area contributed by atoms with Crippen LogP contribution in [0, 0.1) is 0 Å². The van der Waals surface area contributed by atoms with Crippen LogP contribution in [-0.2, 0) is 14.6 Å². The van der Waals surface area contributed by atoms with Crippen molar-refractivity contribution in [1.29, 1.82) is 0 Å². The summed E-state index contributed by atoms with van der Waals surface area (Å²) in [7, 11) is -2.87. The van der Waals surface area contributed by atoms with E-state index in [4.69, 9.17) is 4.74 Å². The summed E-state index contributed by atoms with van der Waals surface area (Å²) in [6.45, 7) is 4.25. The highest BCUT2D eigenvalue weighted by Crippen LogP contribution is 2.16. The normalized spacial score (nSPS) is 26.5. The van der Waals surface area contributed by atoms with Gasteiger partial charge in [0.15, 0.2) is 9.84 Å². The zero-order chi connectivity index (χ0) is 8.48. The highest BCUT2D eigenvalue weighted by Gasteiger charge is 2.31. The van der Waals surface area contributed by atoms with E-state index in [0.29, 0.717) is 13.0 Å². The lowest BCUT2D eigenvalue weighted by Gasteiger charge is -2.07. The maximum atomic E-state index is 11.3. The van der Waals surface area contributed by atoms with Gasteiger partial charge in [0.05, 0.1) is 23.7 Å². The molecule has 3 nitrogen and oxygen atoms in total. The van der Waals surface area contributed by atoms with Crippen LogP contribution in [-0.4, -0.2) is 32.1 Å². The summed E-state index contributed by atoms with van der Waals surface area (Å²) in [4.78, 5) is 0. The smallest absolute Gasteiger partial charge is 0.155 e. The first-order valence-electron chi connectivity index (χ1n) is 3.89. The molecule has 0 saturated carbocycles. The fraction of sp³-hybridized carbons (Fsp3) is 1.00. The molecule has 66 valence electrons. The molecule has 2 unspecified atom stereocenters. The summed E-state index contributed by atoms with van der Waals surface area (Å²) in [5, 5.41) is -0.216. The van der Waals surface area contributed by atoms with Gasteiger partial charge in [-0.05, 0) is 13.3 Å². The number of hydrogen-bond donors (Lipinski definition) is 0. The molecule has 0 aliphatic carbocycles. The van der Waals surface area contributed by atoms with Crippen molar-refractivity contribution in [2.45, 2.75) is 31.6 Å². The van der Waals surface area contributed by atoms with Gasteiger partial charge in [0.1, 0.15) is 0 Å². The third-order valence-corrected chi connectivity index (χ3v) is 4.40. The van der Waals surface area contributed by atoms with Crippen LogP contribution in [0.25, 0.3) is 0 Å². The second kappa shape index (κ2) is 3.11. The number of ether oxygens (including phenoxy) is 1. The Morgan fingerprint density at radius 3 is 2.55 bits per heavy atom. The van der Waals surface area contributed by atoms with Crippen LogP contribution in [0.2, 0.25) is 0 Å². The molecular weight excluding hydrogens is 164 g/mol. The standard InChI is InChI=1S/C7H14O3S/c1-3-6(2)11(8,9)5-7-4-10-7/h6-7H,3-5H2,1-2H3. The summed E-state index contributed by atoms with van der Waals surface area (Å²) in [6.07, 6.45) is 0.684. The quantitative estimate of drug-likeness (QED) is 0.592. The van der Waals surface area contributed by atoms with E-state index in [9.17, 15) is 8.42 Å². The van der Waals surface area contributed by atoms with Crippen LogP contribution in [0.15, 0.2) is 0 Å². The van der Waals surface area contributed by atoms with Crippen molar-refractivity contribution in [3.63, 3.8) is 0 Å². The SMILES string of the molecule is CCC(C)S(=O)(=O)CC1CO1. The Kier molecular flexibility index (Phi) is 2.54. The van der Waals surface area contributed by atoms with Crippen molar-refractivity contribution >= 4 is 9.84 Å². The average molecular weight is 178 g/mol. The summed E-state index contributed by atoms with van der Waals surface area (Å²) in [6, 6.07) is 0. The first-order valence-corrected chi connectivity index (χ1v) is 5.61. The summed E-state index contributed by atoms with van der Waals surface area (Å²) < 4.78 is 27.5. The lowest BCUT2D eigenvalue weighted by atomic mass is 10.4. The van der Waals surface area contributed by atoms with Gasteiger partial charge in [-0.1, -0.05) is 6.92 Å². The zero-order valence-corrected chi connectivity index (χ0v) is 7.73. The molecule has 4 heteroatoms. The first kappa shape index (κ1) is 9.00. The molecule has 11 heavy (non-hydrogen) atoms. The monoisotopic (exact) mass is 178 g/mol. The minimum atomic E-state index is -2.87. The van der Waals surface area contributed by atoms with E-state index in [-0.39, 0.29) is 17.1 Å². The second-order valence-corrected chi connectivity index (χ2v) is 5.47. The van der Waals surface area contributed by atoms with Crippen LogP contribution in [0.5, 0.6) is 0 Å². The van der Waals surface area contributed by atoms with E-state index in [2.05, 4.69) is 0 Å². The minimum Gasteiger partial charge on any atom is -0.372 e. The molecular formula is C7H14O3S. The zero-order valence-electron chi connectivity index (χ0n) is 6.91. The first-order chi connectivity index (χ1) is 5.06. The lowest BCUT2D eigenvalue weighted by Crippen LogP contribution is -2.22. The number of rotatable bonds is 4.